The maximum Gasteiger partial charge on any atom is 0.142 e. The first-order valence-electron chi connectivity index (χ1n) is 5.09. The lowest BCUT2D eigenvalue weighted by Crippen LogP contribution is -2.44. The van der Waals surface area contributed by atoms with Crippen LogP contribution in [0, 0.1) is 0 Å². The number of hydrazine groups is 1. The summed E-state index contributed by atoms with van der Waals surface area (Å²) in [7, 11) is 0. The summed E-state index contributed by atoms with van der Waals surface area (Å²) in [6.45, 7) is 4.51. The van der Waals surface area contributed by atoms with Gasteiger partial charge >= 0.3 is 0 Å². The van der Waals surface area contributed by atoms with Crippen molar-refractivity contribution in [1.82, 2.24) is 4.98 Å². The van der Waals surface area contributed by atoms with E-state index in [0.29, 0.717) is 11.9 Å². The Balaban J connectivity index is 2.19. The zero-order valence-corrected chi connectivity index (χ0v) is 8.81. The van der Waals surface area contributed by atoms with Gasteiger partial charge < -0.3 is 15.1 Å². The number of ether oxygens (including phenoxy) is 1. The summed E-state index contributed by atoms with van der Waals surface area (Å²) in [5, 5.41) is 0. The molecule has 0 saturated carbocycles. The second-order valence-corrected chi connectivity index (χ2v) is 3.64. The highest BCUT2D eigenvalue weighted by atomic mass is 16.5. The first kappa shape index (κ1) is 10.2. The summed E-state index contributed by atoms with van der Waals surface area (Å²) in [6, 6.07) is 6.14. The molecule has 1 aromatic heterocycles. The summed E-state index contributed by atoms with van der Waals surface area (Å²) >= 11 is 0. The zero-order chi connectivity index (χ0) is 10.7. The largest absolute Gasteiger partial charge is 0.377 e. The minimum Gasteiger partial charge on any atom is -0.377 e. The van der Waals surface area contributed by atoms with Gasteiger partial charge in [0, 0.05) is 6.54 Å². The first-order valence-corrected chi connectivity index (χ1v) is 5.09. The van der Waals surface area contributed by atoms with Gasteiger partial charge in [0.25, 0.3) is 0 Å². The van der Waals surface area contributed by atoms with E-state index in [4.69, 9.17) is 10.6 Å². The molecule has 1 unspecified atom stereocenters. The van der Waals surface area contributed by atoms with Crippen molar-refractivity contribution >= 4 is 11.6 Å². The number of nitrogens with zero attached hydrogens (tertiary/aromatic N) is 2. The molecule has 0 spiro atoms. The average Bonchev–Trinajstić information content (AvgIpc) is 2.30. The zero-order valence-electron chi connectivity index (χ0n) is 8.81. The number of nitrogen functional groups attached to an aromatic ring is 1. The van der Waals surface area contributed by atoms with Crippen molar-refractivity contribution in [3.05, 3.63) is 18.2 Å². The molecule has 1 atom stereocenters. The third kappa shape index (κ3) is 2.19. The first-order chi connectivity index (χ1) is 7.31. The highest BCUT2D eigenvalue weighted by Gasteiger charge is 2.19. The van der Waals surface area contributed by atoms with Crippen LogP contribution in [0.25, 0.3) is 0 Å². The quantitative estimate of drug-likeness (QED) is 0.550. The van der Waals surface area contributed by atoms with Gasteiger partial charge in [-0.25, -0.2) is 10.8 Å². The number of aromatic nitrogens is 1. The van der Waals surface area contributed by atoms with Crippen molar-refractivity contribution in [2.24, 2.45) is 5.84 Å². The molecule has 1 aliphatic heterocycles. The van der Waals surface area contributed by atoms with Crippen LogP contribution < -0.4 is 16.2 Å². The van der Waals surface area contributed by atoms with Crippen LogP contribution in [0.3, 0.4) is 0 Å². The molecule has 1 aromatic rings. The lowest BCUT2D eigenvalue weighted by Gasteiger charge is -2.34. The molecule has 82 valence electrons. The Kier molecular flexibility index (Phi) is 3.03. The Morgan fingerprint density at radius 1 is 1.60 bits per heavy atom. The second kappa shape index (κ2) is 4.46. The van der Waals surface area contributed by atoms with Gasteiger partial charge in [-0.15, -0.1) is 0 Å². The lowest BCUT2D eigenvalue weighted by atomic mass is 10.2. The van der Waals surface area contributed by atoms with E-state index in [0.717, 1.165) is 25.6 Å². The average molecular weight is 208 g/mol. The van der Waals surface area contributed by atoms with Gasteiger partial charge in [0.2, 0.25) is 0 Å². The Hall–Kier alpha value is -1.33. The van der Waals surface area contributed by atoms with E-state index in [9.17, 15) is 0 Å². The van der Waals surface area contributed by atoms with Crippen LogP contribution in [0.2, 0.25) is 0 Å². The van der Waals surface area contributed by atoms with Gasteiger partial charge in [-0.3, -0.25) is 0 Å². The number of rotatable bonds is 2. The summed E-state index contributed by atoms with van der Waals surface area (Å²) in [4.78, 5) is 6.63. The van der Waals surface area contributed by atoms with Gasteiger partial charge in [0.15, 0.2) is 0 Å². The van der Waals surface area contributed by atoms with Crippen LogP contribution in [0.15, 0.2) is 18.2 Å². The highest BCUT2D eigenvalue weighted by Crippen LogP contribution is 2.18. The molecule has 1 fully saturated rings. The van der Waals surface area contributed by atoms with E-state index in [1.165, 1.54) is 0 Å². The molecule has 0 radical (unpaired) electrons. The third-order valence-electron chi connectivity index (χ3n) is 2.54. The molecule has 15 heavy (non-hydrogen) atoms. The predicted octanol–water partition coefficient (Wildman–Crippen LogP) is 0.592. The van der Waals surface area contributed by atoms with Gasteiger partial charge in [-0.05, 0) is 19.1 Å². The number of anilines is 2. The second-order valence-electron chi connectivity index (χ2n) is 3.64. The van der Waals surface area contributed by atoms with Gasteiger partial charge in [-0.2, -0.15) is 0 Å². The Morgan fingerprint density at radius 2 is 2.47 bits per heavy atom. The van der Waals surface area contributed by atoms with Crippen molar-refractivity contribution < 1.29 is 4.74 Å². The fourth-order valence-electron chi connectivity index (χ4n) is 1.73. The number of nitrogens with one attached hydrogen (secondary N) is 1. The smallest absolute Gasteiger partial charge is 0.142 e. The van der Waals surface area contributed by atoms with Crippen molar-refractivity contribution in [2.45, 2.75) is 13.0 Å². The molecule has 3 N–H and O–H groups in total. The van der Waals surface area contributed by atoms with Crippen LogP contribution in [0.1, 0.15) is 6.92 Å². The van der Waals surface area contributed by atoms with Crippen molar-refractivity contribution in [3.63, 3.8) is 0 Å². The topological polar surface area (TPSA) is 63.4 Å². The van der Waals surface area contributed by atoms with Crippen LogP contribution >= 0.6 is 0 Å². The molecule has 0 aliphatic carbocycles. The van der Waals surface area contributed by atoms with E-state index in [-0.39, 0.29) is 0 Å². The Labute approximate surface area is 89.2 Å². The predicted molar refractivity (Wildman–Crippen MR) is 59.7 cm³/mol. The van der Waals surface area contributed by atoms with E-state index in [2.05, 4.69) is 22.2 Å². The third-order valence-corrected chi connectivity index (χ3v) is 2.54. The number of hydrogen-bond donors (Lipinski definition) is 2. The van der Waals surface area contributed by atoms with Crippen LogP contribution in [0.4, 0.5) is 11.6 Å². The standard InChI is InChI=1S/C10H16N4O/c1-8-7-15-6-5-14(8)10-4-2-3-9(12-10)13-11/h2-4,8H,5-7,11H2,1H3,(H,12,13). The maximum atomic E-state index is 5.38. The van der Waals surface area contributed by atoms with Gasteiger partial charge in [0.1, 0.15) is 11.6 Å². The van der Waals surface area contributed by atoms with Gasteiger partial charge in [-0.1, -0.05) is 6.07 Å². The van der Waals surface area contributed by atoms with Crippen LogP contribution in [-0.4, -0.2) is 30.8 Å². The number of nitrogens with two attached hydrogens (primary N) is 1. The minimum atomic E-state index is 0.360. The number of morpholine rings is 1. The summed E-state index contributed by atoms with van der Waals surface area (Å²) < 4.78 is 5.38. The Bertz CT molecular complexity index is 331. The Morgan fingerprint density at radius 3 is 3.20 bits per heavy atom. The van der Waals surface area contributed by atoms with Gasteiger partial charge in [0.05, 0.1) is 19.3 Å². The molecule has 1 aliphatic rings. The number of pyridine rings is 1. The van der Waals surface area contributed by atoms with Crippen molar-refractivity contribution in [2.75, 3.05) is 30.1 Å². The normalized spacial score (nSPS) is 21.5. The molecule has 5 nitrogen and oxygen atoms in total. The summed E-state index contributed by atoms with van der Waals surface area (Å²) in [6.07, 6.45) is 0. The minimum absolute atomic E-state index is 0.360. The fraction of sp³-hybridized carbons (Fsp3) is 0.500. The maximum absolute atomic E-state index is 5.38. The van der Waals surface area contributed by atoms with E-state index in [1.807, 2.05) is 18.2 Å². The molecule has 0 aromatic carbocycles. The van der Waals surface area contributed by atoms with Crippen molar-refractivity contribution in [3.8, 4) is 0 Å². The molecule has 1 saturated heterocycles. The molecule has 0 bridgehead atoms. The monoisotopic (exact) mass is 208 g/mol. The number of hydrogen-bond acceptors (Lipinski definition) is 5. The summed E-state index contributed by atoms with van der Waals surface area (Å²) in [5.74, 6) is 6.96. The lowest BCUT2D eigenvalue weighted by molar-refractivity contribution is 0.0985. The SMILES string of the molecule is CC1COCCN1c1cccc(NN)n1. The molecule has 5 heteroatoms. The molecule has 0 amide bonds. The molecule has 2 rings (SSSR count). The molecule has 2 heterocycles. The fourth-order valence-corrected chi connectivity index (χ4v) is 1.73. The van der Waals surface area contributed by atoms with E-state index >= 15 is 0 Å². The molecular formula is C10H16N4O. The summed E-state index contributed by atoms with van der Waals surface area (Å²) in [5.41, 5.74) is 2.55. The highest BCUT2D eigenvalue weighted by molar-refractivity contribution is 5.47. The van der Waals surface area contributed by atoms with E-state index in [1.54, 1.807) is 0 Å². The van der Waals surface area contributed by atoms with Crippen molar-refractivity contribution in [1.29, 1.82) is 0 Å². The van der Waals surface area contributed by atoms with Crippen LogP contribution in [0.5, 0.6) is 0 Å². The van der Waals surface area contributed by atoms with Crippen LogP contribution in [-0.2, 0) is 4.74 Å². The van der Waals surface area contributed by atoms with E-state index < -0.39 is 0 Å². The molecular weight excluding hydrogens is 192 g/mol.